The van der Waals surface area contributed by atoms with Crippen molar-refractivity contribution < 1.29 is 28.6 Å². The number of imide groups is 1. The summed E-state index contributed by atoms with van der Waals surface area (Å²) in [6.45, 7) is 2.10. The molecule has 1 aromatic heterocycles. The Balaban J connectivity index is 1.33. The number of hydrogen-bond acceptors (Lipinski definition) is 9. The highest BCUT2D eigenvalue weighted by Gasteiger charge is 2.56. The van der Waals surface area contributed by atoms with E-state index in [0.717, 1.165) is 21.8 Å². The predicted molar refractivity (Wildman–Crippen MR) is 169 cm³/mol. The van der Waals surface area contributed by atoms with E-state index in [4.69, 9.17) is 37.4 Å². The Kier molecular flexibility index (Phi) is 8.47. The molecule has 4 aromatic rings. The summed E-state index contributed by atoms with van der Waals surface area (Å²) in [5.74, 6) is -1.82. The molecule has 3 aromatic carbocycles. The first kappa shape index (κ1) is 30.3. The topological polar surface area (TPSA) is 115 Å². The highest BCUT2D eigenvalue weighted by molar-refractivity contribution is 8.00. The molecule has 0 aliphatic carbocycles. The number of rotatable bonds is 8. The molecule has 1 fully saturated rings. The molecule has 0 spiro atoms. The van der Waals surface area contributed by atoms with E-state index in [9.17, 15) is 19.2 Å². The van der Waals surface area contributed by atoms with Crippen LogP contribution in [0.15, 0.2) is 70.5 Å². The smallest absolute Gasteiger partial charge is 0.338 e. The maximum absolute atomic E-state index is 14.0. The van der Waals surface area contributed by atoms with Crippen LogP contribution < -0.4 is 19.2 Å². The van der Waals surface area contributed by atoms with Crippen LogP contribution in [0.25, 0.3) is 0 Å². The van der Waals surface area contributed by atoms with E-state index >= 15 is 0 Å². The molecular formula is C31H24Cl2N2O7S2. The summed E-state index contributed by atoms with van der Waals surface area (Å²) in [6, 6.07) is 16.6. The van der Waals surface area contributed by atoms with Crippen molar-refractivity contribution in [3.63, 3.8) is 0 Å². The Morgan fingerprint density at radius 1 is 0.977 bits per heavy atom. The number of aromatic nitrogens is 1. The zero-order valence-electron chi connectivity index (χ0n) is 23.3. The van der Waals surface area contributed by atoms with Crippen molar-refractivity contribution in [2.75, 3.05) is 18.6 Å². The van der Waals surface area contributed by atoms with Crippen LogP contribution in [0.4, 0.5) is 5.69 Å². The average molecular weight is 672 g/mol. The number of aromatic amines is 1. The molecular weight excluding hydrogens is 647 g/mol. The Hall–Kier alpha value is -3.77. The van der Waals surface area contributed by atoms with Gasteiger partial charge in [0.15, 0.2) is 11.5 Å². The van der Waals surface area contributed by atoms with Crippen LogP contribution in [0.2, 0.25) is 10.0 Å². The van der Waals surface area contributed by atoms with Crippen LogP contribution in [0.5, 0.6) is 11.5 Å². The van der Waals surface area contributed by atoms with Gasteiger partial charge in [-0.2, -0.15) is 0 Å². The molecule has 0 radical (unpaired) electrons. The third-order valence-electron chi connectivity index (χ3n) is 7.41. The summed E-state index contributed by atoms with van der Waals surface area (Å²) in [5.41, 5.74) is 2.08. The largest absolute Gasteiger partial charge is 0.493 e. The van der Waals surface area contributed by atoms with Crippen molar-refractivity contribution >= 4 is 69.8 Å². The number of halogens is 2. The zero-order valence-corrected chi connectivity index (χ0v) is 26.4. The van der Waals surface area contributed by atoms with Crippen molar-refractivity contribution in [1.29, 1.82) is 0 Å². The standard InChI is InChI=1S/C31H24Cl2N2O7S2/c1-3-41-30(38)15-5-9-19(10-6-15)35-28(36)24-23(25-27(34-31(39)44-25)43-26(24)29(35)37)16-7-11-21(22(12-16)40-2)42-14-17-4-8-18(32)13-20(17)33/h4-13,23-24,26H,3,14H2,1-2H3,(H,34,39). The second kappa shape index (κ2) is 12.3. The van der Waals surface area contributed by atoms with Gasteiger partial charge in [0.25, 0.3) is 0 Å². The minimum atomic E-state index is -0.791. The molecule has 2 amide bonds. The fourth-order valence-corrected chi connectivity index (χ4v) is 8.36. The van der Waals surface area contributed by atoms with Crippen molar-refractivity contribution in [3.8, 4) is 11.5 Å². The minimum absolute atomic E-state index is 0.164. The Morgan fingerprint density at radius 2 is 1.75 bits per heavy atom. The van der Waals surface area contributed by atoms with E-state index in [1.54, 1.807) is 49.4 Å². The number of H-pyrrole nitrogens is 1. The first-order valence-electron chi connectivity index (χ1n) is 13.5. The summed E-state index contributed by atoms with van der Waals surface area (Å²) >= 11 is 14.5. The Labute approximate surface area is 270 Å². The molecule has 6 rings (SSSR count). The molecule has 0 bridgehead atoms. The lowest BCUT2D eigenvalue weighted by molar-refractivity contribution is -0.122. The summed E-state index contributed by atoms with van der Waals surface area (Å²) in [6.07, 6.45) is 0. The predicted octanol–water partition coefficient (Wildman–Crippen LogP) is 6.30. The summed E-state index contributed by atoms with van der Waals surface area (Å²) in [4.78, 5) is 56.8. The van der Waals surface area contributed by atoms with Crippen LogP contribution in [-0.2, 0) is 20.9 Å². The van der Waals surface area contributed by atoms with Gasteiger partial charge in [-0.15, -0.1) is 0 Å². The van der Waals surface area contributed by atoms with Gasteiger partial charge in [0.2, 0.25) is 11.8 Å². The second-order valence-electron chi connectivity index (χ2n) is 9.96. The molecule has 226 valence electrons. The molecule has 3 atom stereocenters. The number of anilines is 1. The average Bonchev–Trinajstić information content (AvgIpc) is 3.50. The molecule has 0 saturated carbocycles. The van der Waals surface area contributed by atoms with Crippen LogP contribution >= 0.6 is 46.3 Å². The molecule has 3 unspecified atom stereocenters. The number of thioether (sulfide) groups is 1. The number of nitrogens with zero attached hydrogens (tertiary/aromatic N) is 1. The van der Waals surface area contributed by atoms with Crippen molar-refractivity contribution in [2.24, 2.45) is 5.92 Å². The van der Waals surface area contributed by atoms with Crippen molar-refractivity contribution in [1.82, 2.24) is 4.98 Å². The number of thiazole rings is 1. The van der Waals surface area contributed by atoms with Crippen LogP contribution in [0, 0.1) is 5.92 Å². The molecule has 1 saturated heterocycles. The van der Waals surface area contributed by atoms with E-state index in [1.807, 2.05) is 6.07 Å². The highest BCUT2D eigenvalue weighted by Crippen LogP contribution is 2.53. The number of carbonyl (C=O) groups is 3. The number of nitrogens with one attached hydrogen (secondary N) is 1. The molecule has 13 heteroatoms. The first-order valence-corrected chi connectivity index (χ1v) is 15.9. The Bertz CT molecular complexity index is 1840. The number of benzene rings is 3. The van der Waals surface area contributed by atoms with Gasteiger partial charge in [-0.25, -0.2) is 9.69 Å². The number of hydrogen-bond donors (Lipinski definition) is 1. The highest BCUT2D eigenvalue weighted by atomic mass is 35.5. The third-order valence-corrected chi connectivity index (χ3v) is 10.4. The van der Waals surface area contributed by atoms with Gasteiger partial charge in [-0.1, -0.05) is 58.4 Å². The van der Waals surface area contributed by atoms with Gasteiger partial charge < -0.3 is 19.2 Å². The molecule has 2 aliphatic rings. The quantitative estimate of drug-likeness (QED) is 0.172. The van der Waals surface area contributed by atoms with E-state index in [1.165, 1.54) is 31.0 Å². The normalized spacial score (nSPS) is 19.0. The number of methoxy groups -OCH3 is 1. The lowest BCUT2D eigenvalue weighted by atomic mass is 9.83. The fourth-order valence-electron chi connectivity index (χ4n) is 5.38. The van der Waals surface area contributed by atoms with Crippen molar-refractivity contribution in [2.45, 2.75) is 29.7 Å². The van der Waals surface area contributed by atoms with Gasteiger partial charge in [0, 0.05) is 26.4 Å². The van der Waals surface area contributed by atoms with Crippen LogP contribution in [0.3, 0.4) is 0 Å². The number of amides is 2. The van der Waals surface area contributed by atoms with Gasteiger partial charge in [0.1, 0.15) is 11.9 Å². The number of fused-ring (bicyclic) bond motifs is 2. The SMILES string of the molecule is CCOC(=O)c1ccc(N2C(=O)C3Sc4[nH]c(=O)sc4C(c4ccc(OCc5ccc(Cl)cc5Cl)c(OC)c4)C3C2=O)cc1. The third kappa shape index (κ3) is 5.49. The molecule has 9 nitrogen and oxygen atoms in total. The van der Waals surface area contributed by atoms with Gasteiger partial charge in [-0.3, -0.25) is 14.4 Å². The van der Waals surface area contributed by atoms with Gasteiger partial charge in [0.05, 0.1) is 35.9 Å². The molecule has 2 aliphatic heterocycles. The zero-order chi connectivity index (χ0) is 31.1. The minimum Gasteiger partial charge on any atom is -0.493 e. The molecule has 3 heterocycles. The van der Waals surface area contributed by atoms with Crippen molar-refractivity contribution in [3.05, 3.63) is 102 Å². The first-order chi connectivity index (χ1) is 21.2. The lowest BCUT2D eigenvalue weighted by Crippen LogP contribution is -2.32. The maximum Gasteiger partial charge on any atom is 0.338 e. The van der Waals surface area contributed by atoms with E-state index in [0.29, 0.717) is 48.3 Å². The molecule has 44 heavy (non-hydrogen) atoms. The number of carbonyl (C=O) groups excluding carboxylic acids is 3. The maximum atomic E-state index is 14.0. The number of ether oxygens (including phenoxy) is 3. The van der Waals surface area contributed by atoms with E-state index < -0.39 is 34.9 Å². The summed E-state index contributed by atoms with van der Waals surface area (Å²) < 4.78 is 16.7. The van der Waals surface area contributed by atoms with E-state index in [-0.39, 0.29) is 18.1 Å². The summed E-state index contributed by atoms with van der Waals surface area (Å²) in [5, 5.41) is 0.772. The van der Waals surface area contributed by atoms with E-state index in [2.05, 4.69) is 4.98 Å². The fraction of sp³-hybridized carbons (Fsp3) is 0.226. The van der Waals surface area contributed by atoms with Crippen LogP contribution in [0.1, 0.15) is 39.2 Å². The second-order valence-corrected chi connectivity index (χ2v) is 13.0. The van der Waals surface area contributed by atoms with Crippen LogP contribution in [-0.4, -0.2) is 41.7 Å². The number of esters is 1. The van der Waals surface area contributed by atoms with Gasteiger partial charge in [-0.05, 0) is 61.0 Å². The van der Waals surface area contributed by atoms with Gasteiger partial charge >= 0.3 is 10.8 Å². The Morgan fingerprint density at radius 3 is 2.45 bits per heavy atom. The molecule has 1 N–H and O–H groups in total. The summed E-state index contributed by atoms with van der Waals surface area (Å²) in [7, 11) is 1.51. The lowest BCUT2D eigenvalue weighted by Gasteiger charge is -2.30. The monoisotopic (exact) mass is 670 g/mol.